The molecule has 2 unspecified atom stereocenters. The van der Waals surface area contributed by atoms with E-state index in [9.17, 15) is 4.79 Å². The number of aryl methyl sites for hydroxylation is 1. The summed E-state index contributed by atoms with van der Waals surface area (Å²) in [7, 11) is 0. The van der Waals surface area contributed by atoms with Crippen molar-refractivity contribution in [3.05, 3.63) is 42.5 Å². The van der Waals surface area contributed by atoms with Gasteiger partial charge in [-0.05, 0) is 49.8 Å². The fraction of sp³-hybridized carbons (Fsp3) is 0.464. The Bertz CT molecular complexity index is 1520. The molecule has 0 radical (unpaired) electrons. The summed E-state index contributed by atoms with van der Waals surface area (Å²) in [6.45, 7) is 2.84. The standard InChI is InChI=1S/C28H30N6O5/c35-28-38-10-3-4-18-6-7-24-21(14-32-34(24)25-5-1-2-9-37-25)26(18)23-12-22-20(13-29-23)27(31-17-30-22)33-8-11-36-16-19(15-33)39-28/h6-7,12-14,17,19,25H,1-5,8-11,15-16H2. The van der Waals surface area contributed by atoms with Crippen LogP contribution in [0, 0.1) is 0 Å². The number of carbonyl (C=O) groups excluding carboxylic acids is 1. The average Bonchev–Trinajstić information content (AvgIpc) is 3.26. The number of ether oxygens (including phenoxy) is 4. The van der Waals surface area contributed by atoms with E-state index >= 15 is 0 Å². The van der Waals surface area contributed by atoms with Crippen LogP contribution in [0.1, 0.15) is 37.5 Å². The van der Waals surface area contributed by atoms with Gasteiger partial charge in [-0.15, -0.1) is 0 Å². The zero-order chi connectivity index (χ0) is 26.2. The second-order valence-electron chi connectivity index (χ2n) is 10.2. The highest BCUT2D eigenvalue weighted by Gasteiger charge is 2.26. The Balaban J connectivity index is 1.37. The molecular weight excluding hydrogens is 500 g/mol. The van der Waals surface area contributed by atoms with Crippen molar-refractivity contribution in [2.24, 2.45) is 0 Å². The van der Waals surface area contributed by atoms with Crippen LogP contribution in [0.5, 0.6) is 0 Å². The SMILES string of the molecule is O=C1OCCCc2ccc3c(cnn3C3CCCCO3)c2-c2cc3ncnc(c3cn2)N2CCOCC(C2)O1. The van der Waals surface area contributed by atoms with E-state index in [1.807, 2.05) is 23.1 Å². The first-order valence-electron chi connectivity index (χ1n) is 13.6. The first kappa shape index (κ1) is 24.2. The molecular formula is C28H30N6O5. The van der Waals surface area contributed by atoms with E-state index in [4.69, 9.17) is 29.0 Å². The van der Waals surface area contributed by atoms with Crippen LogP contribution in [0.3, 0.4) is 0 Å². The number of aromatic nitrogens is 5. The van der Waals surface area contributed by atoms with Gasteiger partial charge >= 0.3 is 6.16 Å². The second-order valence-corrected chi connectivity index (χ2v) is 10.2. The van der Waals surface area contributed by atoms with Crippen molar-refractivity contribution in [3.8, 4) is 11.3 Å². The first-order valence-corrected chi connectivity index (χ1v) is 13.6. The number of hydrogen-bond donors (Lipinski definition) is 0. The number of hydrogen-bond acceptors (Lipinski definition) is 10. The van der Waals surface area contributed by atoms with Gasteiger partial charge in [-0.2, -0.15) is 5.10 Å². The number of anilines is 1. The molecule has 2 saturated heterocycles. The zero-order valence-corrected chi connectivity index (χ0v) is 21.6. The van der Waals surface area contributed by atoms with Gasteiger partial charge in [0.25, 0.3) is 0 Å². The van der Waals surface area contributed by atoms with Crippen LogP contribution >= 0.6 is 0 Å². The summed E-state index contributed by atoms with van der Waals surface area (Å²) in [4.78, 5) is 28.7. The number of rotatable bonds is 1. The molecule has 6 bridgehead atoms. The largest absolute Gasteiger partial charge is 0.508 e. The summed E-state index contributed by atoms with van der Waals surface area (Å²) >= 11 is 0. The number of carbonyl (C=O) groups is 1. The molecule has 0 saturated carbocycles. The van der Waals surface area contributed by atoms with Crippen LogP contribution in [0.25, 0.3) is 33.1 Å². The van der Waals surface area contributed by atoms with Crippen molar-refractivity contribution in [2.75, 3.05) is 44.4 Å². The summed E-state index contributed by atoms with van der Waals surface area (Å²) in [5, 5.41) is 6.59. The molecule has 2 atom stereocenters. The first-order chi connectivity index (χ1) is 19.2. The van der Waals surface area contributed by atoms with E-state index in [1.54, 1.807) is 6.33 Å². The van der Waals surface area contributed by atoms with Crippen LogP contribution in [-0.2, 0) is 25.4 Å². The van der Waals surface area contributed by atoms with Gasteiger partial charge in [0.15, 0.2) is 6.23 Å². The van der Waals surface area contributed by atoms with Gasteiger partial charge in [0.05, 0.1) is 54.7 Å². The van der Waals surface area contributed by atoms with Crippen molar-refractivity contribution in [3.63, 3.8) is 0 Å². The normalized spacial score (nSPS) is 22.5. The van der Waals surface area contributed by atoms with Crippen molar-refractivity contribution >= 4 is 33.8 Å². The lowest BCUT2D eigenvalue weighted by Gasteiger charge is -2.25. The Kier molecular flexibility index (Phi) is 6.45. The molecule has 2 fully saturated rings. The number of benzene rings is 1. The summed E-state index contributed by atoms with van der Waals surface area (Å²) in [5.74, 6) is 0.735. The third-order valence-electron chi connectivity index (χ3n) is 7.66. The molecule has 39 heavy (non-hydrogen) atoms. The Morgan fingerprint density at radius 2 is 1.95 bits per heavy atom. The number of nitrogens with zero attached hydrogens (tertiary/aromatic N) is 6. The van der Waals surface area contributed by atoms with Gasteiger partial charge in [-0.25, -0.2) is 19.4 Å². The lowest BCUT2D eigenvalue weighted by molar-refractivity contribution is -0.0366. The second kappa shape index (κ2) is 10.4. The molecule has 11 nitrogen and oxygen atoms in total. The summed E-state index contributed by atoms with van der Waals surface area (Å²) in [5.41, 5.74) is 4.74. The van der Waals surface area contributed by atoms with Gasteiger partial charge in [-0.3, -0.25) is 4.98 Å². The van der Waals surface area contributed by atoms with Gasteiger partial charge in [0, 0.05) is 30.3 Å². The zero-order valence-electron chi connectivity index (χ0n) is 21.6. The average molecular weight is 531 g/mol. The molecule has 1 aromatic carbocycles. The van der Waals surface area contributed by atoms with E-state index < -0.39 is 12.3 Å². The van der Waals surface area contributed by atoms with E-state index in [0.717, 1.165) is 70.3 Å². The predicted octanol–water partition coefficient (Wildman–Crippen LogP) is 4.05. The summed E-state index contributed by atoms with van der Waals surface area (Å²) in [6.07, 6.45) is 8.59. The topological polar surface area (TPSA) is 114 Å². The van der Waals surface area contributed by atoms with Crippen LogP contribution in [0.2, 0.25) is 0 Å². The minimum absolute atomic E-state index is 0.0683. The number of pyridine rings is 1. The van der Waals surface area contributed by atoms with Crippen molar-refractivity contribution in [2.45, 2.75) is 44.4 Å². The molecule has 0 N–H and O–H groups in total. The highest BCUT2D eigenvalue weighted by atomic mass is 16.7. The minimum Gasteiger partial charge on any atom is -0.434 e. The monoisotopic (exact) mass is 530 g/mol. The molecule has 4 aliphatic rings. The van der Waals surface area contributed by atoms with Gasteiger partial charge in [0.2, 0.25) is 0 Å². The highest BCUT2D eigenvalue weighted by Crippen LogP contribution is 2.36. The van der Waals surface area contributed by atoms with Gasteiger partial charge < -0.3 is 23.8 Å². The maximum absolute atomic E-state index is 12.5. The predicted molar refractivity (Wildman–Crippen MR) is 142 cm³/mol. The van der Waals surface area contributed by atoms with Gasteiger partial charge in [-0.1, -0.05) is 6.07 Å². The molecule has 0 aliphatic carbocycles. The number of fused-ring (bicyclic) bond motifs is 7. The van der Waals surface area contributed by atoms with Crippen LogP contribution in [0.15, 0.2) is 36.9 Å². The maximum Gasteiger partial charge on any atom is 0.508 e. The molecule has 4 aromatic rings. The van der Waals surface area contributed by atoms with Crippen LogP contribution < -0.4 is 4.90 Å². The smallest absolute Gasteiger partial charge is 0.434 e. The Morgan fingerprint density at radius 1 is 0.974 bits per heavy atom. The molecule has 7 heterocycles. The molecule has 3 aromatic heterocycles. The van der Waals surface area contributed by atoms with Crippen LogP contribution in [0.4, 0.5) is 10.6 Å². The molecule has 202 valence electrons. The van der Waals surface area contributed by atoms with Crippen LogP contribution in [-0.4, -0.2) is 76.5 Å². The Morgan fingerprint density at radius 3 is 2.87 bits per heavy atom. The molecule has 8 rings (SSSR count). The maximum atomic E-state index is 12.5. The van der Waals surface area contributed by atoms with Gasteiger partial charge in [0.1, 0.15) is 18.2 Å². The van der Waals surface area contributed by atoms with Crippen molar-refractivity contribution < 1.29 is 23.7 Å². The third kappa shape index (κ3) is 4.65. The highest BCUT2D eigenvalue weighted by molar-refractivity contribution is 5.98. The third-order valence-corrected chi connectivity index (χ3v) is 7.66. The van der Waals surface area contributed by atoms with Crippen molar-refractivity contribution in [1.29, 1.82) is 0 Å². The van der Waals surface area contributed by atoms with E-state index in [2.05, 4.69) is 27.0 Å². The molecule has 11 heteroatoms. The molecule has 4 aliphatic heterocycles. The lowest BCUT2D eigenvalue weighted by atomic mass is 9.96. The molecule has 0 amide bonds. The minimum atomic E-state index is -0.681. The lowest BCUT2D eigenvalue weighted by Crippen LogP contribution is -2.36. The fourth-order valence-corrected chi connectivity index (χ4v) is 5.78. The Hall–Kier alpha value is -3.83. The fourth-order valence-electron chi connectivity index (χ4n) is 5.78. The van der Waals surface area contributed by atoms with E-state index in [1.165, 1.54) is 0 Å². The summed E-state index contributed by atoms with van der Waals surface area (Å²) < 4.78 is 24.8. The van der Waals surface area contributed by atoms with E-state index in [0.29, 0.717) is 39.1 Å². The molecule has 0 spiro atoms. The Labute approximate surface area is 225 Å². The van der Waals surface area contributed by atoms with Crippen molar-refractivity contribution in [1.82, 2.24) is 24.7 Å². The quantitative estimate of drug-likeness (QED) is 0.334. The summed E-state index contributed by atoms with van der Waals surface area (Å²) in [6, 6.07) is 6.25. The van der Waals surface area contributed by atoms with E-state index in [-0.39, 0.29) is 12.8 Å².